The molecule has 0 fully saturated rings. The number of carbonyl (C=O) groups excluding carboxylic acids is 1. The molecular weight excluding hydrogens is 376 g/mol. The Morgan fingerprint density at radius 2 is 1.73 bits per heavy atom. The molecule has 0 unspecified atom stereocenters. The molecule has 148 valence electrons. The number of esters is 1. The molecule has 0 saturated heterocycles. The third-order valence-electron chi connectivity index (χ3n) is 4.42. The number of nitriles is 2. The zero-order chi connectivity index (χ0) is 21.3. The Labute approximate surface area is 175 Å². The quantitative estimate of drug-likeness (QED) is 0.331. The summed E-state index contributed by atoms with van der Waals surface area (Å²) in [6.07, 6.45) is 3.52. The van der Waals surface area contributed by atoms with Gasteiger partial charge >= 0.3 is 5.97 Å². The molecule has 0 atom stereocenters. The monoisotopic (exact) mass is 396 g/mol. The van der Waals surface area contributed by atoms with Gasteiger partial charge in [0, 0.05) is 17.3 Å². The van der Waals surface area contributed by atoms with Gasteiger partial charge < -0.3 is 4.74 Å². The molecule has 0 aliphatic carbocycles. The van der Waals surface area contributed by atoms with Crippen molar-refractivity contribution in [1.82, 2.24) is 9.78 Å². The lowest BCUT2D eigenvalue weighted by molar-refractivity contribution is -0.137. The molecule has 6 nitrogen and oxygen atoms in total. The molecule has 30 heavy (non-hydrogen) atoms. The summed E-state index contributed by atoms with van der Waals surface area (Å²) in [6.45, 7) is 2.29. The van der Waals surface area contributed by atoms with Gasteiger partial charge in [0.05, 0.1) is 31.3 Å². The molecule has 0 spiro atoms. The number of hydrogen-bond donors (Lipinski definition) is 0. The molecule has 0 bridgehead atoms. The summed E-state index contributed by atoms with van der Waals surface area (Å²) < 4.78 is 6.60. The third kappa shape index (κ3) is 4.81. The van der Waals surface area contributed by atoms with Crippen molar-refractivity contribution in [3.8, 4) is 34.5 Å². The number of nitrogens with zero attached hydrogens (tertiary/aromatic N) is 4. The maximum atomic E-state index is 12.0. The smallest absolute Gasteiger partial charge is 0.348 e. The molecule has 3 rings (SSSR count). The van der Waals surface area contributed by atoms with E-state index >= 15 is 0 Å². The molecule has 0 N–H and O–H groups in total. The first-order chi connectivity index (χ1) is 14.7. The van der Waals surface area contributed by atoms with E-state index in [0.717, 1.165) is 16.7 Å². The number of aryl methyl sites for hydroxylation is 1. The van der Waals surface area contributed by atoms with Gasteiger partial charge in [-0.15, -0.1) is 0 Å². The highest BCUT2D eigenvalue weighted by Gasteiger charge is 2.15. The first-order valence-corrected chi connectivity index (χ1v) is 9.55. The molecule has 0 aliphatic rings. The van der Waals surface area contributed by atoms with Crippen LogP contribution in [0.5, 0.6) is 0 Å². The van der Waals surface area contributed by atoms with Crippen molar-refractivity contribution in [2.45, 2.75) is 19.9 Å². The van der Waals surface area contributed by atoms with Crippen LogP contribution in [0.25, 0.3) is 28.5 Å². The van der Waals surface area contributed by atoms with Gasteiger partial charge in [0.2, 0.25) is 0 Å². The summed E-state index contributed by atoms with van der Waals surface area (Å²) in [5, 5.41) is 22.8. The van der Waals surface area contributed by atoms with Crippen LogP contribution in [-0.2, 0) is 16.1 Å². The second kappa shape index (κ2) is 9.86. The van der Waals surface area contributed by atoms with Crippen molar-refractivity contribution in [2.75, 3.05) is 6.61 Å². The second-order valence-corrected chi connectivity index (χ2v) is 6.44. The van der Waals surface area contributed by atoms with Crippen molar-refractivity contribution in [1.29, 1.82) is 10.5 Å². The zero-order valence-electron chi connectivity index (χ0n) is 16.6. The highest BCUT2D eigenvalue weighted by Crippen LogP contribution is 2.27. The normalized spacial score (nSPS) is 10.8. The number of hydrogen-bond acceptors (Lipinski definition) is 5. The Morgan fingerprint density at radius 3 is 2.37 bits per heavy atom. The van der Waals surface area contributed by atoms with E-state index in [2.05, 4.69) is 11.2 Å². The first-order valence-electron chi connectivity index (χ1n) is 9.55. The van der Waals surface area contributed by atoms with Gasteiger partial charge in [0.15, 0.2) is 0 Å². The standard InChI is InChI=1S/C24H20N4O2/c1-2-30-24(29)21(16-26)15-22-17-28(14-6-13-25)27-23(22)20-11-9-19(10-12-20)18-7-4-3-5-8-18/h3-5,7-12,15,17H,2,6,14H2,1H3. The van der Waals surface area contributed by atoms with Crippen LogP contribution in [0.4, 0.5) is 0 Å². The van der Waals surface area contributed by atoms with E-state index in [9.17, 15) is 10.1 Å². The summed E-state index contributed by atoms with van der Waals surface area (Å²) in [6, 6.07) is 21.9. The highest BCUT2D eigenvalue weighted by atomic mass is 16.5. The average Bonchev–Trinajstić information content (AvgIpc) is 3.19. The molecule has 1 aromatic heterocycles. The van der Waals surface area contributed by atoms with Crippen LogP contribution >= 0.6 is 0 Å². The number of carbonyl (C=O) groups is 1. The van der Waals surface area contributed by atoms with Gasteiger partial charge in [-0.1, -0.05) is 54.6 Å². The lowest BCUT2D eigenvalue weighted by atomic mass is 10.0. The number of ether oxygens (including phenoxy) is 1. The minimum Gasteiger partial charge on any atom is -0.462 e. The fourth-order valence-corrected chi connectivity index (χ4v) is 3.00. The average molecular weight is 396 g/mol. The highest BCUT2D eigenvalue weighted by molar-refractivity contribution is 5.98. The molecule has 3 aromatic rings. The number of aromatic nitrogens is 2. The summed E-state index contributed by atoms with van der Waals surface area (Å²) in [5.74, 6) is -0.671. The van der Waals surface area contributed by atoms with Crippen molar-refractivity contribution < 1.29 is 9.53 Å². The van der Waals surface area contributed by atoms with Crippen LogP contribution < -0.4 is 0 Å². The van der Waals surface area contributed by atoms with E-state index in [1.165, 1.54) is 6.08 Å². The molecule has 2 aromatic carbocycles. The van der Waals surface area contributed by atoms with Crippen molar-refractivity contribution >= 4 is 12.0 Å². The van der Waals surface area contributed by atoms with Crippen LogP contribution in [0.15, 0.2) is 66.4 Å². The summed E-state index contributed by atoms with van der Waals surface area (Å²) in [7, 11) is 0. The van der Waals surface area contributed by atoms with Crippen molar-refractivity contribution in [3.05, 3.63) is 71.9 Å². The van der Waals surface area contributed by atoms with Crippen LogP contribution in [0, 0.1) is 22.7 Å². The zero-order valence-corrected chi connectivity index (χ0v) is 16.6. The van der Waals surface area contributed by atoms with E-state index in [1.807, 2.05) is 60.7 Å². The molecular formula is C24H20N4O2. The van der Waals surface area contributed by atoms with Crippen molar-refractivity contribution in [3.63, 3.8) is 0 Å². The molecule has 1 heterocycles. The lowest BCUT2D eigenvalue weighted by Crippen LogP contribution is -2.06. The van der Waals surface area contributed by atoms with Gasteiger partial charge in [-0.25, -0.2) is 4.79 Å². The first kappa shape index (κ1) is 20.6. The van der Waals surface area contributed by atoms with E-state index < -0.39 is 5.97 Å². The number of benzene rings is 2. The van der Waals surface area contributed by atoms with Crippen LogP contribution in [-0.4, -0.2) is 22.4 Å². The van der Waals surface area contributed by atoms with Gasteiger partial charge in [-0.3, -0.25) is 4.68 Å². The molecule has 0 radical (unpaired) electrons. The van der Waals surface area contributed by atoms with Gasteiger partial charge in [0.25, 0.3) is 0 Å². The predicted molar refractivity (Wildman–Crippen MR) is 114 cm³/mol. The summed E-state index contributed by atoms with van der Waals surface area (Å²) in [4.78, 5) is 12.0. The van der Waals surface area contributed by atoms with Gasteiger partial charge in [-0.2, -0.15) is 15.6 Å². The largest absolute Gasteiger partial charge is 0.462 e. The fourth-order valence-electron chi connectivity index (χ4n) is 3.00. The topological polar surface area (TPSA) is 91.7 Å². The Kier molecular flexibility index (Phi) is 6.76. The van der Waals surface area contributed by atoms with E-state index in [1.54, 1.807) is 17.8 Å². The van der Waals surface area contributed by atoms with E-state index in [-0.39, 0.29) is 12.2 Å². The maximum absolute atomic E-state index is 12.0. The summed E-state index contributed by atoms with van der Waals surface area (Å²) in [5.41, 5.74) is 4.17. The van der Waals surface area contributed by atoms with E-state index in [4.69, 9.17) is 10.00 Å². The summed E-state index contributed by atoms with van der Waals surface area (Å²) >= 11 is 0. The van der Waals surface area contributed by atoms with Gasteiger partial charge in [0.1, 0.15) is 11.6 Å². The Balaban J connectivity index is 2.01. The van der Waals surface area contributed by atoms with Crippen molar-refractivity contribution in [2.24, 2.45) is 0 Å². The second-order valence-electron chi connectivity index (χ2n) is 6.44. The minimum absolute atomic E-state index is 0.0983. The molecule has 0 amide bonds. The Morgan fingerprint density at radius 1 is 1.07 bits per heavy atom. The van der Waals surface area contributed by atoms with Crippen LogP contribution in [0.2, 0.25) is 0 Å². The van der Waals surface area contributed by atoms with E-state index in [0.29, 0.717) is 24.2 Å². The fraction of sp³-hybridized carbons (Fsp3) is 0.167. The molecule has 6 heteroatoms. The maximum Gasteiger partial charge on any atom is 0.348 e. The Hall–Kier alpha value is -4.16. The lowest BCUT2D eigenvalue weighted by Gasteiger charge is -2.04. The molecule has 0 saturated carbocycles. The predicted octanol–water partition coefficient (Wildman–Crippen LogP) is 4.60. The van der Waals surface area contributed by atoms with Gasteiger partial charge in [-0.05, 0) is 24.1 Å². The SMILES string of the molecule is CCOC(=O)C(C#N)=Cc1cn(CCC#N)nc1-c1ccc(-c2ccccc2)cc1. The molecule has 0 aliphatic heterocycles. The Bertz CT molecular complexity index is 1130. The minimum atomic E-state index is -0.671. The van der Waals surface area contributed by atoms with Crippen LogP contribution in [0.3, 0.4) is 0 Å². The number of rotatable bonds is 7. The third-order valence-corrected chi connectivity index (χ3v) is 4.42. The van der Waals surface area contributed by atoms with Crippen LogP contribution in [0.1, 0.15) is 18.9 Å².